The molecule has 0 aliphatic rings. The Hall–Kier alpha value is -3.67. The van der Waals surface area contributed by atoms with Crippen LogP contribution < -0.4 is 15.8 Å². The smallest absolute Gasteiger partial charge is 0.433 e. The molecule has 34 heavy (non-hydrogen) atoms. The standard InChI is InChI=1S/C22H26F3N5O4/c1-21(12-31,20(33)30(3)4)29-19(32)17(27-2)15-10-14(7-8-16(15)26)34-11-13-6-5-9-28-18(13)22(23,24)25/h5-10,31H,11-12,26H2,1-4H3,(H,29,32). The Kier molecular flexibility index (Phi) is 8.22. The van der Waals surface area contributed by atoms with Crippen LogP contribution in [0.15, 0.2) is 41.5 Å². The third-order valence-electron chi connectivity index (χ3n) is 4.86. The van der Waals surface area contributed by atoms with E-state index in [1.54, 1.807) is 0 Å². The highest BCUT2D eigenvalue weighted by Crippen LogP contribution is 2.31. The lowest BCUT2D eigenvalue weighted by atomic mass is 10.00. The fraction of sp³-hybridized carbons (Fsp3) is 0.364. The molecule has 0 saturated heterocycles. The second-order valence-electron chi connectivity index (χ2n) is 7.76. The lowest BCUT2D eigenvalue weighted by molar-refractivity contribution is -0.142. The van der Waals surface area contributed by atoms with Crippen LogP contribution in [0.25, 0.3) is 0 Å². The number of halogens is 3. The van der Waals surface area contributed by atoms with Crippen LogP contribution in [0.4, 0.5) is 18.9 Å². The molecule has 4 N–H and O–H groups in total. The summed E-state index contributed by atoms with van der Waals surface area (Å²) in [6.45, 7) is 0.254. The molecule has 2 aromatic rings. The first-order valence-electron chi connectivity index (χ1n) is 9.99. The van der Waals surface area contributed by atoms with Gasteiger partial charge in [0.1, 0.15) is 23.6 Å². The Morgan fingerprint density at radius 1 is 1.26 bits per heavy atom. The Bertz CT molecular complexity index is 1090. The summed E-state index contributed by atoms with van der Waals surface area (Å²) in [5, 5.41) is 12.2. The summed E-state index contributed by atoms with van der Waals surface area (Å²) in [4.78, 5) is 33.9. The zero-order valence-electron chi connectivity index (χ0n) is 19.1. The number of aliphatic hydroxyl groups excluding tert-OH is 1. The van der Waals surface area contributed by atoms with E-state index in [1.807, 2.05) is 0 Å². The highest BCUT2D eigenvalue weighted by molar-refractivity contribution is 6.46. The molecule has 2 rings (SSSR count). The number of nitrogen functional groups attached to an aromatic ring is 1. The number of nitrogens with zero attached hydrogens (tertiary/aromatic N) is 3. The minimum atomic E-state index is -4.64. The van der Waals surface area contributed by atoms with E-state index < -0.39 is 42.4 Å². The molecule has 0 spiro atoms. The van der Waals surface area contributed by atoms with E-state index in [9.17, 15) is 27.9 Å². The Labute approximate surface area is 194 Å². The first-order chi connectivity index (χ1) is 15.8. The third kappa shape index (κ3) is 6.01. The number of carbonyl (C=O) groups is 2. The molecule has 1 atom stereocenters. The third-order valence-corrected chi connectivity index (χ3v) is 4.86. The summed E-state index contributed by atoms with van der Waals surface area (Å²) in [7, 11) is 4.28. The SMILES string of the molecule is CN=C(C(=O)NC(C)(CO)C(=O)N(C)C)c1cc(OCc2cccnc2C(F)(F)F)ccc1N. The number of alkyl halides is 3. The van der Waals surface area contributed by atoms with Gasteiger partial charge in [0.05, 0.1) is 6.61 Å². The molecule has 0 fully saturated rings. The van der Waals surface area contributed by atoms with Crippen LogP contribution in [-0.2, 0) is 22.4 Å². The van der Waals surface area contributed by atoms with Crippen molar-refractivity contribution >= 4 is 23.2 Å². The van der Waals surface area contributed by atoms with Gasteiger partial charge in [-0.1, -0.05) is 6.07 Å². The second-order valence-corrected chi connectivity index (χ2v) is 7.76. The number of nitrogens with one attached hydrogen (secondary N) is 1. The van der Waals surface area contributed by atoms with Crippen LogP contribution in [0.1, 0.15) is 23.7 Å². The summed E-state index contributed by atoms with van der Waals surface area (Å²) in [5.41, 5.74) is 3.27. The van der Waals surface area contributed by atoms with Crippen LogP contribution in [0.3, 0.4) is 0 Å². The van der Waals surface area contributed by atoms with Gasteiger partial charge in [-0.25, -0.2) is 0 Å². The zero-order valence-corrected chi connectivity index (χ0v) is 19.1. The summed E-state index contributed by atoms with van der Waals surface area (Å²) in [6.07, 6.45) is -3.60. The van der Waals surface area contributed by atoms with Gasteiger partial charge < -0.3 is 25.8 Å². The predicted molar refractivity (Wildman–Crippen MR) is 119 cm³/mol. The van der Waals surface area contributed by atoms with Crippen molar-refractivity contribution in [3.05, 3.63) is 53.3 Å². The minimum Gasteiger partial charge on any atom is -0.489 e. The number of likely N-dealkylation sites (N-methyl/N-ethyl adjacent to an activating group) is 1. The quantitative estimate of drug-likeness (QED) is 0.388. The number of anilines is 1. The Balaban J connectivity index is 2.30. The number of carbonyl (C=O) groups excluding carboxylic acids is 2. The first kappa shape index (κ1) is 26.6. The summed E-state index contributed by atoms with van der Waals surface area (Å²) >= 11 is 0. The number of pyridine rings is 1. The van der Waals surface area contributed by atoms with Crippen LogP contribution >= 0.6 is 0 Å². The summed E-state index contributed by atoms with van der Waals surface area (Å²) in [6, 6.07) is 6.80. The molecule has 1 heterocycles. The lowest BCUT2D eigenvalue weighted by Crippen LogP contribution is -2.60. The molecule has 9 nitrogen and oxygen atoms in total. The van der Waals surface area contributed by atoms with Gasteiger partial charge >= 0.3 is 6.18 Å². The van der Waals surface area contributed by atoms with E-state index in [4.69, 9.17) is 10.5 Å². The van der Waals surface area contributed by atoms with Gasteiger partial charge in [0, 0.05) is 44.2 Å². The van der Waals surface area contributed by atoms with E-state index in [1.165, 1.54) is 63.3 Å². The van der Waals surface area contributed by atoms with Crippen molar-refractivity contribution in [3.63, 3.8) is 0 Å². The molecule has 0 bridgehead atoms. The number of hydrogen-bond acceptors (Lipinski definition) is 7. The molecule has 1 aromatic heterocycles. The molecule has 12 heteroatoms. The molecule has 184 valence electrons. The van der Waals surface area contributed by atoms with Crippen molar-refractivity contribution in [1.29, 1.82) is 0 Å². The fourth-order valence-corrected chi connectivity index (χ4v) is 3.11. The van der Waals surface area contributed by atoms with Gasteiger partial charge in [-0.05, 0) is 31.2 Å². The second kappa shape index (κ2) is 10.5. The van der Waals surface area contributed by atoms with Crippen molar-refractivity contribution in [2.24, 2.45) is 4.99 Å². The van der Waals surface area contributed by atoms with Crippen molar-refractivity contribution in [1.82, 2.24) is 15.2 Å². The predicted octanol–water partition coefficient (Wildman–Crippen LogP) is 1.64. The number of aliphatic imine (C=N–C) groups is 1. The zero-order chi connectivity index (χ0) is 25.7. The number of amides is 2. The van der Waals surface area contributed by atoms with Crippen LogP contribution in [0, 0.1) is 0 Å². The molecular weight excluding hydrogens is 455 g/mol. The highest BCUT2D eigenvalue weighted by Gasteiger charge is 2.37. The number of benzene rings is 1. The molecule has 0 aliphatic carbocycles. The number of nitrogens with two attached hydrogens (primary N) is 1. The van der Waals surface area contributed by atoms with E-state index in [2.05, 4.69) is 15.3 Å². The Morgan fingerprint density at radius 2 is 1.94 bits per heavy atom. The van der Waals surface area contributed by atoms with E-state index in [0.29, 0.717) is 0 Å². The van der Waals surface area contributed by atoms with Crippen molar-refractivity contribution in [2.45, 2.75) is 25.2 Å². The number of rotatable bonds is 8. The molecular formula is C22H26F3N5O4. The largest absolute Gasteiger partial charge is 0.489 e. The molecule has 0 radical (unpaired) electrons. The normalized spacial score (nSPS) is 13.7. The summed E-state index contributed by atoms with van der Waals surface area (Å²) in [5.74, 6) is -1.20. The Morgan fingerprint density at radius 3 is 2.50 bits per heavy atom. The van der Waals surface area contributed by atoms with Gasteiger partial charge in [0.15, 0.2) is 5.69 Å². The lowest BCUT2D eigenvalue weighted by Gasteiger charge is -2.30. The average Bonchev–Trinajstić information content (AvgIpc) is 2.78. The molecule has 0 aliphatic heterocycles. The highest BCUT2D eigenvalue weighted by atomic mass is 19.4. The van der Waals surface area contributed by atoms with Gasteiger partial charge in [0.2, 0.25) is 5.91 Å². The fourth-order valence-electron chi connectivity index (χ4n) is 3.11. The molecule has 2 amide bonds. The van der Waals surface area contributed by atoms with Gasteiger partial charge in [-0.3, -0.25) is 19.6 Å². The number of ether oxygens (including phenoxy) is 1. The number of aliphatic hydroxyl groups is 1. The summed E-state index contributed by atoms with van der Waals surface area (Å²) < 4.78 is 45.0. The molecule has 1 unspecified atom stereocenters. The number of aromatic nitrogens is 1. The van der Waals surface area contributed by atoms with Crippen LogP contribution in [0.2, 0.25) is 0 Å². The topological polar surface area (TPSA) is 130 Å². The maximum Gasteiger partial charge on any atom is 0.433 e. The van der Waals surface area contributed by atoms with Crippen molar-refractivity contribution < 1.29 is 32.6 Å². The van der Waals surface area contributed by atoms with Gasteiger partial charge in [0.25, 0.3) is 5.91 Å². The number of hydrogen-bond donors (Lipinski definition) is 3. The van der Waals surface area contributed by atoms with E-state index in [0.717, 1.165) is 6.20 Å². The maximum absolute atomic E-state index is 13.2. The maximum atomic E-state index is 13.2. The monoisotopic (exact) mass is 481 g/mol. The average molecular weight is 481 g/mol. The van der Waals surface area contributed by atoms with Crippen molar-refractivity contribution in [2.75, 3.05) is 33.5 Å². The minimum absolute atomic E-state index is 0.129. The van der Waals surface area contributed by atoms with Gasteiger partial charge in [-0.2, -0.15) is 13.2 Å². The first-order valence-corrected chi connectivity index (χ1v) is 9.99. The van der Waals surface area contributed by atoms with Crippen molar-refractivity contribution in [3.8, 4) is 5.75 Å². The molecule has 0 saturated carbocycles. The van der Waals surface area contributed by atoms with Crippen LogP contribution in [-0.4, -0.2) is 65.8 Å². The van der Waals surface area contributed by atoms with Crippen LogP contribution in [0.5, 0.6) is 5.75 Å². The van der Waals surface area contributed by atoms with E-state index in [-0.39, 0.29) is 28.3 Å². The van der Waals surface area contributed by atoms with E-state index >= 15 is 0 Å². The molecule has 1 aromatic carbocycles. The van der Waals surface area contributed by atoms with Gasteiger partial charge in [-0.15, -0.1) is 0 Å².